The highest BCUT2D eigenvalue weighted by molar-refractivity contribution is 5.08. The Morgan fingerprint density at radius 1 is 1.53 bits per heavy atom. The molecular weight excluding hydrogens is 188 g/mol. The molecule has 1 aromatic heterocycles. The summed E-state index contributed by atoms with van der Waals surface area (Å²) in [5.74, 6) is 0.388. The molecule has 1 unspecified atom stereocenters. The van der Waals surface area contributed by atoms with Gasteiger partial charge in [0, 0.05) is 25.5 Å². The van der Waals surface area contributed by atoms with E-state index >= 15 is 0 Å². The number of hydrogen-bond acceptors (Lipinski definition) is 3. The summed E-state index contributed by atoms with van der Waals surface area (Å²) in [5, 5.41) is 12.3. The average molecular weight is 208 g/mol. The van der Waals surface area contributed by atoms with Gasteiger partial charge in [-0.2, -0.15) is 0 Å². The molecule has 1 atom stereocenters. The molecule has 0 aliphatic rings. The summed E-state index contributed by atoms with van der Waals surface area (Å²) in [6, 6.07) is 4.04. The van der Waals surface area contributed by atoms with Crippen LogP contribution in [0.3, 0.4) is 0 Å². The van der Waals surface area contributed by atoms with Crippen LogP contribution in [0, 0.1) is 5.92 Å². The number of hydrogen-bond donors (Lipinski definition) is 2. The van der Waals surface area contributed by atoms with Gasteiger partial charge < -0.3 is 10.4 Å². The standard InChI is InChI=1S/C12H20N2O/c1-2-11(10-15)8-14-7-5-12-4-3-6-13-9-12/h3-4,6,9,11,14-15H,2,5,7-8,10H2,1H3. The quantitative estimate of drug-likeness (QED) is 0.662. The van der Waals surface area contributed by atoms with Crippen LogP contribution >= 0.6 is 0 Å². The molecule has 15 heavy (non-hydrogen) atoms. The zero-order chi connectivity index (χ0) is 10.9. The summed E-state index contributed by atoms with van der Waals surface area (Å²) in [5.41, 5.74) is 1.25. The number of nitrogens with one attached hydrogen (secondary N) is 1. The highest BCUT2D eigenvalue weighted by Gasteiger charge is 2.02. The van der Waals surface area contributed by atoms with Crippen LogP contribution in [0.15, 0.2) is 24.5 Å². The minimum Gasteiger partial charge on any atom is -0.396 e. The molecule has 1 aromatic rings. The molecule has 3 nitrogen and oxygen atoms in total. The normalized spacial score (nSPS) is 12.7. The van der Waals surface area contributed by atoms with E-state index in [4.69, 9.17) is 5.11 Å². The summed E-state index contributed by atoms with van der Waals surface area (Å²) in [6.45, 7) is 4.22. The maximum absolute atomic E-state index is 8.99. The first-order chi connectivity index (χ1) is 7.36. The van der Waals surface area contributed by atoms with Gasteiger partial charge in [-0.1, -0.05) is 13.0 Å². The van der Waals surface area contributed by atoms with Gasteiger partial charge in [-0.3, -0.25) is 4.98 Å². The minimum atomic E-state index is 0.274. The Kier molecular flexibility index (Phi) is 5.97. The lowest BCUT2D eigenvalue weighted by molar-refractivity contribution is 0.219. The van der Waals surface area contributed by atoms with E-state index in [1.54, 1.807) is 6.20 Å². The first kappa shape index (κ1) is 12.1. The van der Waals surface area contributed by atoms with Crippen molar-refractivity contribution in [3.05, 3.63) is 30.1 Å². The number of aliphatic hydroxyl groups excluding tert-OH is 1. The second-order valence-electron chi connectivity index (χ2n) is 3.77. The van der Waals surface area contributed by atoms with E-state index in [1.165, 1.54) is 5.56 Å². The van der Waals surface area contributed by atoms with Crippen molar-refractivity contribution in [1.29, 1.82) is 0 Å². The first-order valence-corrected chi connectivity index (χ1v) is 5.57. The first-order valence-electron chi connectivity index (χ1n) is 5.57. The number of pyridine rings is 1. The lowest BCUT2D eigenvalue weighted by Gasteiger charge is -2.12. The van der Waals surface area contributed by atoms with Crippen LogP contribution in [0.2, 0.25) is 0 Å². The van der Waals surface area contributed by atoms with E-state index in [0.717, 1.165) is 25.9 Å². The molecular formula is C12H20N2O. The SMILES string of the molecule is CCC(CO)CNCCc1cccnc1. The third-order valence-corrected chi connectivity index (χ3v) is 2.58. The molecule has 0 aliphatic heterocycles. The fraction of sp³-hybridized carbons (Fsp3) is 0.583. The van der Waals surface area contributed by atoms with Crippen LogP contribution in [0.5, 0.6) is 0 Å². The van der Waals surface area contributed by atoms with E-state index in [9.17, 15) is 0 Å². The van der Waals surface area contributed by atoms with Crippen LogP contribution in [0.25, 0.3) is 0 Å². The molecule has 0 saturated heterocycles. The topological polar surface area (TPSA) is 45.1 Å². The lowest BCUT2D eigenvalue weighted by atomic mass is 10.1. The third kappa shape index (κ3) is 4.91. The molecule has 0 aliphatic carbocycles. The summed E-state index contributed by atoms with van der Waals surface area (Å²) >= 11 is 0. The Hall–Kier alpha value is -0.930. The van der Waals surface area contributed by atoms with E-state index in [0.29, 0.717) is 5.92 Å². The van der Waals surface area contributed by atoms with Crippen molar-refractivity contribution < 1.29 is 5.11 Å². The molecule has 2 N–H and O–H groups in total. The van der Waals surface area contributed by atoms with Gasteiger partial charge in [0.05, 0.1) is 0 Å². The highest BCUT2D eigenvalue weighted by atomic mass is 16.3. The fourth-order valence-corrected chi connectivity index (χ4v) is 1.42. The Labute approximate surface area is 91.5 Å². The number of aliphatic hydroxyl groups is 1. The van der Waals surface area contributed by atoms with E-state index < -0.39 is 0 Å². The zero-order valence-corrected chi connectivity index (χ0v) is 9.32. The van der Waals surface area contributed by atoms with Crippen LogP contribution < -0.4 is 5.32 Å². The Bertz CT molecular complexity index is 247. The molecule has 0 bridgehead atoms. The van der Waals surface area contributed by atoms with Crippen LogP contribution in [0.4, 0.5) is 0 Å². The smallest absolute Gasteiger partial charge is 0.0471 e. The van der Waals surface area contributed by atoms with E-state index in [2.05, 4.69) is 23.3 Å². The molecule has 3 heteroatoms. The van der Waals surface area contributed by atoms with Gasteiger partial charge in [-0.15, -0.1) is 0 Å². The molecule has 0 aromatic carbocycles. The van der Waals surface area contributed by atoms with Gasteiger partial charge in [0.15, 0.2) is 0 Å². The molecule has 0 saturated carbocycles. The third-order valence-electron chi connectivity index (χ3n) is 2.58. The van der Waals surface area contributed by atoms with Gasteiger partial charge in [-0.05, 0) is 36.9 Å². The Balaban J connectivity index is 2.12. The lowest BCUT2D eigenvalue weighted by Crippen LogP contribution is -2.26. The van der Waals surface area contributed by atoms with Crippen molar-refractivity contribution in [3.8, 4) is 0 Å². The van der Waals surface area contributed by atoms with Crippen molar-refractivity contribution in [1.82, 2.24) is 10.3 Å². The number of rotatable bonds is 7. The van der Waals surface area contributed by atoms with E-state index in [1.807, 2.05) is 12.3 Å². The maximum atomic E-state index is 8.99. The fourth-order valence-electron chi connectivity index (χ4n) is 1.42. The van der Waals surface area contributed by atoms with Gasteiger partial charge in [-0.25, -0.2) is 0 Å². The second-order valence-corrected chi connectivity index (χ2v) is 3.77. The predicted octanol–water partition coefficient (Wildman–Crippen LogP) is 1.23. The summed E-state index contributed by atoms with van der Waals surface area (Å²) in [4.78, 5) is 4.06. The average Bonchev–Trinajstić information content (AvgIpc) is 2.31. The van der Waals surface area contributed by atoms with Crippen LogP contribution in [-0.4, -0.2) is 29.8 Å². The van der Waals surface area contributed by atoms with Crippen molar-refractivity contribution in [2.45, 2.75) is 19.8 Å². The molecule has 84 valence electrons. The van der Waals surface area contributed by atoms with Gasteiger partial charge in [0.1, 0.15) is 0 Å². The molecule has 1 rings (SSSR count). The zero-order valence-electron chi connectivity index (χ0n) is 9.32. The van der Waals surface area contributed by atoms with E-state index in [-0.39, 0.29) is 6.61 Å². The van der Waals surface area contributed by atoms with Crippen LogP contribution in [0.1, 0.15) is 18.9 Å². The molecule has 0 fully saturated rings. The molecule has 1 heterocycles. The van der Waals surface area contributed by atoms with Gasteiger partial charge in [0.25, 0.3) is 0 Å². The van der Waals surface area contributed by atoms with Crippen molar-refractivity contribution in [3.63, 3.8) is 0 Å². The maximum Gasteiger partial charge on any atom is 0.0471 e. The predicted molar refractivity (Wildman–Crippen MR) is 61.7 cm³/mol. The number of nitrogens with zero attached hydrogens (tertiary/aromatic N) is 1. The molecule has 0 radical (unpaired) electrons. The minimum absolute atomic E-state index is 0.274. The molecule has 0 amide bonds. The van der Waals surface area contributed by atoms with Crippen molar-refractivity contribution in [2.75, 3.05) is 19.7 Å². The second kappa shape index (κ2) is 7.37. The summed E-state index contributed by atoms with van der Waals surface area (Å²) in [6.07, 6.45) is 5.70. The van der Waals surface area contributed by atoms with Crippen LogP contribution in [-0.2, 0) is 6.42 Å². The monoisotopic (exact) mass is 208 g/mol. The van der Waals surface area contributed by atoms with Gasteiger partial charge in [0.2, 0.25) is 0 Å². The Morgan fingerprint density at radius 3 is 3.00 bits per heavy atom. The highest BCUT2D eigenvalue weighted by Crippen LogP contribution is 1.99. The van der Waals surface area contributed by atoms with Gasteiger partial charge >= 0.3 is 0 Å². The summed E-state index contributed by atoms with van der Waals surface area (Å²) in [7, 11) is 0. The Morgan fingerprint density at radius 2 is 2.40 bits per heavy atom. The van der Waals surface area contributed by atoms with Crippen molar-refractivity contribution in [2.24, 2.45) is 5.92 Å². The largest absolute Gasteiger partial charge is 0.396 e. The summed E-state index contributed by atoms with van der Waals surface area (Å²) < 4.78 is 0. The van der Waals surface area contributed by atoms with Crippen molar-refractivity contribution >= 4 is 0 Å². The number of aromatic nitrogens is 1. The molecule has 0 spiro atoms.